The van der Waals surface area contributed by atoms with Crippen molar-refractivity contribution in [1.82, 2.24) is 10.2 Å². The van der Waals surface area contributed by atoms with Crippen molar-refractivity contribution in [1.29, 1.82) is 0 Å². The third-order valence-corrected chi connectivity index (χ3v) is 8.20. The zero-order valence-corrected chi connectivity index (χ0v) is 23.3. The molecule has 1 saturated heterocycles. The summed E-state index contributed by atoms with van der Waals surface area (Å²) in [6.45, 7) is 8.24. The number of aliphatic hydroxyl groups is 1. The molecule has 2 aliphatic rings. The summed E-state index contributed by atoms with van der Waals surface area (Å²) >= 11 is 0. The molecule has 0 spiro atoms. The minimum atomic E-state index is -0.564. The first-order valence-electron chi connectivity index (χ1n) is 14.6. The van der Waals surface area contributed by atoms with Crippen molar-refractivity contribution in [2.75, 3.05) is 19.8 Å². The van der Waals surface area contributed by atoms with Crippen LogP contribution in [0.5, 0.6) is 0 Å². The van der Waals surface area contributed by atoms with Crippen LogP contribution in [0.4, 0.5) is 0 Å². The molecule has 1 aromatic carbocycles. The van der Waals surface area contributed by atoms with E-state index >= 15 is 0 Å². The molecular formula is C32H46N2O5. The number of nitrogens with zero attached hydrogens (tertiary/aromatic N) is 1. The molecule has 1 aliphatic heterocycles. The predicted molar refractivity (Wildman–Crippen MR) is 153 cm³/mol. The Morgan fingerprint density at radius 3 is 2.51 bits per heavy atom. The molecule has 0 aromatic heterocycles. The highest BCUT2D eigenvalue weighted by Gasteiger charge is 2.38. The van der Waals surface area contributed by atoms with E-state index in [-0.39, 0.29) is 49.4 Å². The monoisotopic (exact) mass is 538 g/mol. The summed E-state index contributed by atoms with van der Waals surface area (Å²) in [5.41, 5.74) is 0.535. The highest BCUT2D eigenvalue weighted by atomic mass is 16.5. The molecule has 3 rings (SSSR count). The molecule has 7 heteroatoms. The molecule has 1 saturated carbocycles. The van der Waals surface area contributed by atoms with E-state index in [1.807, 2.05) is 36.4 Å². The van der Waals surface area contributed by atoms with E-state index in [2.05, 4.69) is 18.5 Å². The van der Waals surface area contributed by atoms with E-state index in [1.54, 1.807) is 11.0 Å². The number of likely N-dealkylation sites (tertiary alicyclic amines) is 1. The summed E-state index contributed by atoms with van der Waals surface area (Å²) in [5, 5.41) is 12.9. The molecule has 7 nitrogen and oxygen atoms in total. The molecule has 214 valence electrons. The first kappa shape index (κ1) is 30.6. The number of aliphatic hydroxyl groups excluding tert-OH is 1. The van der Waals surface area contributed by atoms with Crippen molar-refractivity contribution in [2.45, 2.75) is 88.6 Å². The summed E-state index contributed by atoms with van der Waals surface area (Å²) in [5.74, 6) is -1.31. The topological polar surface area (TPSA) is 95.9 Å². The Balaban J connectivity index is 1.58. The average Bonchev–Trinajstić information content (AvgIpc) is 3.61. The Morgan fingerprint density at radius 2 is 1.85 bits per heavy atom. The maximum atomic E-state index is 13.6. The second-order valence-electron chi connectivity index (χ2n) is 11.2. The van der Waals surface area contributed by atoms with Crippen molar-refractivity contribution in [2.24, 2.45) is 11.8 Å². The Bertz CT molecular complexity index is 957. The van der Waals surface area contributed by atoms with Crippen LogP contribution in [0.15, 0.2) is 55.6 Å². The lowest BCUT2D eigenvalue weighted by atomic mass is 9.94. The van der Waals surface area contributed by atoms with Crippen LogP contribution in [0.2, 0.25) is 0 Å². The first-order chi connectivity index (χ1) is 18.9. The highest BCUT2D eigenvalue weighted by Crippen LogP contribution is 2.30. The van der Waals surface area contributed by atoms with Gasteiger partial charge < -0.3 is 20.1 Å². The van der Waals surface area contributed by atoms with Gasteiger partial charge in [0.05, 0.1) is 30.0 Å². The molecule has 1 aromatic rings. The number of ether oxygens (including phenoxy) is 1. The molecule has 3 atom stereocenters. The van der Waals surface area contributed by atoms with E-state index in [0.29, 0.717) is 19.4 Å². The van der Waals surface area contributed by atoms with Crippen LogP contribution >= 0.6 is 0 Å². The Morgan fingerprint density at radius 1 is 1.10 bits per heavy atom. The number of benzene rings is 1. The molecule has 39 heavy (non-hydrogen) atoms. The fourth-order valence-corrected chi connectivity index (χ4v) is 5.96. The minimum Gasteiger partial charge on any atom is -0.463 e. The molecule has 1 heterocycles. The summed E-state index contributed by atoms with van der Waals surface area (Å²) in [4.78, 5) is 41.4. The van der Waals surface area contributed by atoms with Gasteiger partial charge in [-0.05, 0) is 63.4 Å². The van der Waals surface area contributed by atoms with Crippen LogP contribution in [-0.4, -0.2) is 59.1 Å². The lowest BCUT2D eigenvalue weighted by Crippen LogP contribution is -2.50. The zero-order chi connectivity index (χ0) is 28.1. The molecule has 2 amide bonds. The van der Waals surface area contributed by atoms with Crippen LogP contribution < -0.4 is 5.32 Å². The molecule has 0 radical (unpaired) electrons. The number of hydrogen-bond donors (Lipinski definition) is 2. The fourth-order valence-electron chi connectivity index (χ4n) is 5.96. The van der Waals surface area contributed by atoms with Crippen molar-refractivity contribution in [3.05, 3.63) is 61.2 Å². The van der Waals surface area contributed by atoms with Gasteiger partial charge in [0.1, 0.15) is 6.61 Å². The summed E-state index contributed by atoms with van der Waals surface area (Å²) in [6, 6.07) is 9.76. The number of allylic oxidation sites excluding steroid dienone is 2. The average molecular weight is 539 g/mol. The van der Waals surface area contributed by atoms with Gasteiger partial charge >= 0.3 is 5.97 Å². The van der Waals surface area contributed by atoms with Crippen LogP contribution in [0.3, 0.4) is 0 Å². The van der Waals surface area contributed by atoms with Gasteiger partial charge in [0.2, 0.25) is 11.8 Å². The Kier molecular flexibility index (Phi) is 12.2. The number of nitrogens with one attached hydrogen (secondary N) is 1. The second kappa shape index (κ2) is 15.6. The smallest absolute Gasteiger partial charge is 0.309 e. The van der Waals surface area contributed by atoms with Gasteiger partial charge in [-0.25, -0.2) is 0 Å². The molecule has 0 bridgehead atoms. The molecule has 0 unspecified atom stereocenters. The predicted octanol–water partition coefficient (Wildman–Crippen LogP) is 4.74. The zero-order valence-electron chi connectivity index (χ0n) is 23.3. The standard InChI is InChI=1S/C32H46N2O5/c1-3-5-7-16-27(21-25-14-8-6-9-15-25)31(38)39-23-28-17-12-20-34(28)30(37)26(13-4-2)22-29(36)33-32(24-35)18-10-11-19-32/h3-4,6,8-9,14-15,26-28,35H,1-2,5,7,10-13,16-24H2,(H,33,36)/t26-,27-,28+/m1/s1. The van der Waals surface area contributed by atoms with Gasteiger partial charge in [-0.1, -0.05) is 55.3 Å². The Hall–Kier alpha value is -2.93. The van der Waals surface area contributed by atoms with E-state index in [1.165, 1.54) is 0 Å². The van der Waals surface area contributed by atoms with Crippen molar-refractivity contribution < 1.29 is 24.2 Å². The quantitative estimate of drug-likeness (QED) is 0.180. The van der Waals surface area contributed by atoms with E-state index in [9.17, 15) is 19.5 Å². The highest BCUT2D eigenvalue weighted by molar-refractivity contribution is 5.86. The van der Waals surface area contributed by atoms with E-state index in [0.717, 1.165) is 63.4 Å². The third kappa shape index (κ3) is 9.06. The number of rotatable bonds is 16. The first-order valence-corrected chi connectivity index (χ1v) is 14.6. The van der Waals surface area contributed by atoms with Crippen molar-refractivity contribution >= 4 is 17.8 Å². The number of unbranched alkanes of at least 4 members (excludes halogenated alkanes) is 1. The van der Waals surface area contributed by atoms with Crippen molar-refractivity contribution in [3.63, 3.8) is 0 Å². The summed E-state index contributed by atoms with van der Waals surface area (Å²) in [7, 11) is 0. The SMILES string of the molecule is C=CCCC[C@H](Cc1ccccc1)C(=O)OC[C@@H]1CCCN1C(=O)[C@H](CC=C)CC(=O)NC1(CO)CCCC1. The van der Waals surface area contributed by atoms with Crippen LogP contribution in [0.25, 0.3) is 0 Å². The van der Waals surface area contributed by atoms with Crippen molar-refractivity contribution in [3.8, 4) is 0 Å². The van der Waals surface area contributed by atoms with Gasteiger partial charge in [0.25, 0.3) is 0 Å². The Labute approximate surface area is 233 Å². The normalized spacial score (nSPS) is 19.7. The maximum Gasteiger partial charge on any atom is 0.309 e. The summed E-state index contributed by atoms with van der Waals surface area (Å²) in [6.07, 6.45) is 12.1. The largest absolute Gasteiger partial charge is 0.463 e. The van der Waals surface area contributed by atoms with Gasteiger partial charge in [-0.15, -0.1) is 13.2 Å². The lowest BCUT2D eigenvalue weighted by molar-refractivity contribution is -0.152. The molecular weight excluding hydrogens is 492 g/mol. The number of carbonyl (C=O) groups is 3. The van der Waals surface area contributed by atoms with E-state index < -0.39 is 11.5 Å². The van der Waals surface area contributed by atoms with Crippen LogP contribution in [0.1, 0.15) is 76.2 Å². The minimum absolute atomic E-state index is 0.0536. The lowest BCUT2D eigenvalue weighted by Gasteiger charge is -2.31. The van der Waals surface area contributed by atoms with Gasteiger partial charge in [0.15, 0.2) is 0 Å². The number of hydrogen-bond acceptors (Lipinski definition) is 5. The molecule has 2 fully saturated rings. The maximum absolute atomic E-state index is 13.6. The van der Waals surface area contributed by atoms with Gasteiger partial charge in [-0.3, -0.25) is 14.4 Å². The fraction of sp³-hybridized carbons (Fsp3) is 0.594. The third-order valence-electron chi connectivity index (χ3n) is 8.20. The molecule has 1 aliphatic carbocycles. The van der Waals surface area contributed by atoms with Crippen LogP contribution in [0, 0.1) is 11.8 Å². The summed E-state index contributed by atoms with van der Waals surface area (Å²) < 4.78 is 5.82. The molecule has 2 N–H and O–H groups in total. The van der Waals surface area contributed by atoms with Gasteiger partial charge in [-0.2, -0.15) is 0 Å². The van der Waals surface area contributed by atoms with Gasteiger partial charge in [0, 0.05) is 13.0 Å². The number of esters is 1. The number of carbonyl (C=O) groups excluding carboxylic acids is 3. The van der Waals surface area contributed by atoms with E-state index in [4.69, 9.17) is 4.74 Å². The van der Waals surface area contributed by atoms with Crippen LogP contribution in [-0.2, 0) is 25.5 Å². The second-order valence-corrected chi connectivity index (χ2v) is 11.2. The number of amides is 2.